The molecule has 0 aliphatic heterocycles. The molecule has 2 atom stereocenters. The van der Waals surface area contributed by atoms with E-state index in [4.69, 9.17) is 5.73 Å². The van der Waals surface area contributed by atoms with Crippen molar-refractivity contribution < 1.29 is 4.79 Å². The Kier molecular flexibility index (Phi) is 11.6. The highest BCUT2D eigenvalue weighted by molar-refractivity contribution is 5.75. The molecule has 4 heteroatoms. The molecular formula is C17H37N3O. The highest BCUT2D eigenvalue weighted by Crippen LogP contribution is 2.17. The molecule has 1 amide bonds. The van der Waals surface area contributed by atoms with Crippen LogP contribution in [0, 0.1) is 11.8 Å². The molecule has 0 aromatic rings. The number of nitrogens with two attached hydrogens (primary N) is 1. The second kappa shape index (κ2) is 12.0. The molecule has 3 N–H and O–H groups in total. The van der Waals surface area contributed by atoms with Crippen LogP contribution in [0.4, 0.5) is 0 Å². The Morgan fingerprint density at radius 3 is 2.14 bits per heavy atom. The molecule has 21 heavy (non-hydrogen) atoms. The lowest BCUT2D eigenvalue weighted by molar-refractivity contribution is -0.121. The maximum absolute atomic E-state index is 12.0. The summed E-state index contributed by atoms with van der Waals surface area (Å²) < 4.78 is 0. The van der Waals surface area contributed by atoms with E-state index in [2.05, 4.69) is 45.1 Å². The van der Waals surface area contributed by atoms with E-state index in [1.807, 2.05) is 0 Å². The molecule has 0 radical (unpaired) electrons. The van der Waals surface area contributed by atoms with Gasteiger partial charge < -0.3 is 16.0 Å². The standard InChI is InChI=1S/C17H37N3O/c1-6-14(11-12-18)9-10-17(21)19-13-16(20(4)5)15(7-2)8-3/h14-16H,6-13,18H2,1-5H3,(H,19,21). The Balaban J connectivity index is 4.19. The van der Waals surface area contributed by atoms with Gasteiger partial charge in [0.2, 0.25) is 5.91 Å². The summed E-state index contributed by atoms with van der Waals surface area (Å²) in [6.45, 7) is 8.10. The Labute approximate surface area is 131 Å². The second-order valence-electron chi connectivity index (χ2n) is 6.30. The van der Waals surface area contributed by atoms with Gasteiger partial charge in [-0.2, -0.15) is 0 Å². The van der Waals surface area contributed by atoms with Gasteiger partial charge in [-0.15, -0.1) is 0 Å². The Morgan fingerprint density at radius 2 is 1.71 bits per heavy atom. The molecule has 0 saturated heterocycles. The zero-order chi connectivity index (χ0) is 16.3. The minimum Gasteiger partial charge on any atom is -0.355 e. The third-order valence-corrected chi connectivity index (χ3v) is 4.70. The Bertz CT molecular complexity index is 265. The summed E-state index contributed by atoms with van der Waals surface area (Å²) in [5.41, 5.74) is 5.60. The number of likely N-dealkylation sites (N-methyl/N-ethyl adjacent to an activating group) is 1. The first-order chi connectivity index (χ1) is 9.99. The highest BCUT2D eigenvalue weighted by atomic mass is 16.1. The maximum atomic E-state index is 12.0. The zero-order valence-electron chi connectivity index (χ0n) is 14.8. The van der Waals surface area contributed by atoms with E-state index in [0.717, 1.165) is 45.2 Å². The van der Waals surface area contributed by atoms with Crippen LogP contribution in [0.15, 0.2) is 0 Å². The van der Waals surface area contributed by atoms with Crippen LogP contribution in [-0.4, -0.2) is 44.0 Å². The predicted molar refractivity (Wildman–Crippen MR) is 91.2 cm³/mol. The van der Waals surface area contributed by atoms with Crippen LogP contribution in [-0.2, 0) is 4.79 Å². The van der Waals surface area contributed by atoms with Crippen LogP contribution >= 0.6 is 0 Å². The van der Waals surface area contributed by atoms with Crippen molar-refractivity contribution in [2.45, 2.75) is 65.3 Å². The first-order valence-electron chi connectivity index (χ1n) is 8.63. The van der Waals surface area contributed by atoms with E-state index >= 15 is 0 Å². The quantitative estimate of drug-likeness (QED) is 0.582. The minimum atomic E-state index is 0.184. The smallest absolute Gasteiger partial charge is 0.220 e. The number of carbonyl (C=O) groups is 1. The van der Waals surface area contributed by atoms with E-state index in [1.165, 1.54) is 0 Å². The molecular weight excluding hydrogens is 262 g/mol. The van der Waals surface area contributed by atoms with Crippen molar-refractivity contribution in [1.29, 1.82) is 0 Å². The molecule has 0 heterocycles. The van der Waals surface area contributed by atoms with E-state index in [-0.39, 0.29) is 5.91 Å². The molecule has 0 aliphatic rings. The summed E-state index contributed by atoms with van der Waals surface area (Å²) in [6, 6.07) is 0.426. The lowest BCUT2D eigenvalue weighted by Crippen LogP contribution is -2.44. The summed E-state index contributed by atoms with van der Waals surface area (Å²) in [6.07, 6.45) is 6.03. The minimum absolute atomic E-state index is 0.184. The van der Waals surface area contributed by atoms with Gasteiger partial charge in [0.1, 0.15) is 0 Å². The van der Waals surface area contributed by atoms with Crippen molar-refractivity contribution in [3.05, 3.63) is 0 Å². The van der Waals surface area contributed by atoms with Crippen molar-refractivity contribution in [3.63, 3.8) is 0 Å². The second-order valence-corrected chi connectivity index (χ2v) is 6.30. The molecule has 2 unspecified atom stereocenters. The van der Waals surface area contributed by atoms with Crippen molar-refractivity contribution in [2.75, 3.05) is 27.2 Å². The first-order valence-corrected chi connectivity index (χ1v) is 8.63. The van der Waals surface area contributed by atoms with Crippen molar-refractivity contribution >= 4 is 5.91 Å². The number of amides is 1. The lowest BCUT2D eigenvalue weighted by atomic mass is 9.93. The fourth-order valence-corrected chi connectivity index (χ4v) is 3.03. The number of nitrogens with one attached hydrogen (secondary N) is 1. The molecule has 4 nitrogen and oxygen atoms in total. The SMILES string of the molecule is CCC(CCN)CCC(=O)NCC(C(CC)CC)N(C)C. The summed E-state index contributed by atoms with van der Waals surface area (Å²) in [4.78, 5) is 14.3. The fraction of sp³-hybridized carbons (Fsp3) is 0.941. The number of hydrogen-bond acceptors (Lipinski definition) is 3. The van der Waals surface area contributed by atoms with E-state index in [1.54, 1.807) is 0 Å². The largest absolute Gasteiger partial charge is 0.355 e. The number of hydrogen-bond donors (Lipinski definition) is 2. The van der Waals surface area contributed by atoms with E-state index in [0.29, 0.717) is 24.3 Å². The maximum Gasteiger partial charge on any atom is 0.220 e. The molecule has 126 valence electrons. The molecule has 0 fully saturated rings. The Morgan fingerprint density at radius 1 is 1.10 bits per heavy atom. The van der Waals surface area contributed by atoms with Crippen LogP contribution in [0.25, 0.3) is 0 Å². The number of nitrogens with zero attached hydrogens (tertiary/aromatic N) is 1. The highest BCUT2D eigenvalue weighted by Gasteiger charge is 2.21. The van der Waals surface area contributed by atoms with Crippen LogP contribution in [0.2, 0.25) is 0 Å². The molecule has 0 rings (SSSR count). The number of carbonyl (C=O) groups excluding carboxylic acids is 1. The van der Waals surface area contributed by atoms with Gasteiger partial charge >= 0.3 is 0 Å². The summed E-state index contributed by atoms with van der Waals surface area (Å²) in [5, 5.41) is 3.12. The normalized spacial score (nSPS) is 14.5. The summed E-state index contributed by atoms with van der Waals surface area (Å²) in [7, 11) is 4.20. The van der Waals surface area contributed by atoms with Crippen molar-refractivity contribution in [2.24, 2.45) is 17.6 Å². The first kappa shape index (κ1) is 20.4. The van der Waals surface area contributed by atoms with Gasteiger partial charge in [0.15, 0.2) is 0 Å². The molecule has 0 spiro atoms. The molecule has 0 aromatic carbocycles. The summed E-state index contributed by atoms with van der Waals surface area (Å²) >= 11 is 0. The van der Waals surface area contributed by atoms with Crippen molar-refractivity contribution in [1.82, 2.24) is 10.2 Å². The molecule has 0 bridgehead atoms. The van der Waals surface area contributed by atoms with E-state index in [9.17, 15) is 4.79 Å². The van der Waals surface area contributed by atoms with Gasteiger partial charge in [-0.25, -0.2) is 0 Å². The van der Waals surface area contributed by atoms with Crippen LogP contribution in [0.1, 0.15) is 59.3 Å². The fourth-order valence-electron chi connectivity index (χ4n) is 3.03. The number of rotatable bonds is 12. The predicted octanol–water partition coefficient (Wildman–Crippen LogP) is 2.62. The van der Waals surface area contributed by atoms with Crippen LogP contribution in [0.5, 0.6) is 0 Å². The third-order valence-electron chi connectivity index (χ3n) is 4.70. The third kappa shape index (κ3) is 8.42. The van der Waals surface area contributed by atoms with E-state index < -0.39 is 0 Å². The summed E-state index contributed by atoms with van der Waals surface area (Å²) in [5.74, 6) is 1.41. The lowest BCUT2D eigenvalue weighted by Gasteiger charge is -2.31. The molecule has 0 aliphatic carbocycles. The van der Waals surface area contributed by atoms with Gasteiger partial charge in [0.25, 0.3) is 0 Å². The van der Waals surface area contributed by atoms with Gasteiger partial charge in [-0.3, -0.25) is 4.79 Å². The van der Waals surface area contributed by atoms with Gasteiger partial charge in [-0.1, -0.05) is 40.0 Å². The molecule has 0 aromatic heterocycles. The van der Waals surface area contributed by atoms with Gasteiger partial charge in [0.05, 0.1) is 0 Å². The Hall–Kier alpha value is -0.610. The average molecular weight is 300 g/mol. The zero-order valence-corrected chi connectivity index (χ0v) is 14.8. The van der Waals surface area contributed by atoms with Crippen molar-refractivity contribution in [3.8, 4) is 0 Å². The van der Waals surface area contributed by atoms with Crippen LogP contribution < -0.4 is 11.1 Å². The van der Waals surface area contributed by atoms with Gasteiger partial charge in [-0.05, 0) is 45.3 Å². The molecule has 0 saturated carbocycles. The topological polar surface area (TPSA) is 58.4 Å². The van der Waals surface area contributed by atoms with Gasteiger partial charge in [0, 0.05) is 19.0 Å². The average Bonchev–Trinajstić information content (AvgIpc) is 2.47. The van der Waals surface area contributed by atoms with Crippen LogP contribution in [0.3, 0.4) is 0 Å². The monoisotopic (exact) mass is 299 g/mol.